The Morgan fingerprint density at radius 2 is 1.86 bits per heavy atom. The molecule has 0 N–H and O–H groups in total. The standard InChI is InChI=1S/C24H23FN4/c1-16-17(2)29(14-18-6-5-9-21(25)12-18)23-22(16)13-26-27-24(23)28-11-10-19-7-3-4-8-20(19)15-28/h3-9,12-13H,10-11,14-15H2,1-2H3. The third-order valence-electron chi connectivity index (χ3n) is 6.09. The van der Waals surface area contributed by atoms with Gasteiger partial charge in [0.25, 0.3) is 0 Å². The maximum Gasteiger partial charge on any atom is 0.176 e. The van der Waals surface area contributed by atoms with Crippen molar-refractivity contribution >= 4 is 16.7 Å². The van der Waals surface area contributed by atoms with Crippen molar-refractivity contribution in [3.8, 4) is 0 Å². The summed E-state index contributed by atoms with van der Waals surface area (Å²) in [7, 11) is 0. The lowest BCUT2D eigenvalue weighted by atomic mass is 10.00. The molecule has 4 nitrogen and oxygen atoms in total. The van der Waals surface area contributed by atoms with Crippen LogP contribution in [-0.2, 0) is 19.5 Å². The van der Waals surface area contributed by atoms with Gasteiger partial charge in [-0.1, -0.05) is 36.4 Å². The van der Waals surface area contributed by atoms with E-state index in [2.05, 4.69) is 57.8 Å². The van der Waals surface area contributed by atoms with Crippen molar-refractivity contribution in [3.63, 3.8) is 0 Å². The molecule has 1 aliphatic heterocycles. The van der Waals surface area contributed by atoms with E-state index in [0.29, 0.717) is 6.54 Å². The average Bonchev–Trinajstić information content (AvgIpc) is 2.98. The molecule has 29 heavy (non-hydrogen) atoms. The summed E-state index contributed by atoms with van der Waals surface area (Å²) in [6, 6.07) is 15.4. The number of nitrogens with zero attached hydrogens (tertiary/aromatic N) is 4. The van der Waals surface area contributed by atoms with Crippen molar-refractivity contribution in [3.05, 3.63) is 88.5 Å². The third kappa shape index (κ3) is 3.07. The Bertz CT molecular complexity index is 1210. The lowest BCUT2D eigenvalue weighted by molar-refractivity contribution is 0.623. The molecule has 0 spiro atoms. The van der Waals surface area contributed by atoms with Gasteiger partial charge in [-0.2, -0.15) is 5.10 Å². The molecule has 3 heterocycles. The van der Waals surface area contributed by atoms with Crippen molar-refractivity contribution in [2.24, 2.45) is 0 Å². The fourth-order valence-electron chi connectivity index (χ4n) is 4.38. The molecule has 4 aromatic rings. The molecular formula is C24H23FN4. The first-order valence-electron chi connectivity index (χ1n) is 9.99. The van der Waals surface area contributed by atoms with E-state index in [-0.39, 0.29) is 5.82 Å². The summed E-state index contributed by atoms with van der Waals surface area (Å²) < 4.78 is 16.0. The van der Waals surface area contributed by atoms with E-state index in [1.165, 1.54) is 22.8 Å². The topological polar surface area (TPSA) is 34.0 Å². The number of anilines is 1. The molecule has 0 bridgehead atoms. The van der Waals surface area contributed by atoms with E-state index in [1.807, 2.05) is 12.3 Å². The molecule has 0 atom stereocenters. The lowest BCUT2D eigenvalue weighted by Crippen LogP contribution is -2.31. The van der Waals surface area contributed by atoms with Crippen LogP contribution in [0.4, 0.5) is 10.2 Å². The number of hydrogen-bond acceptors (Lipinski definition) is 3. The highest BCUT2D eigenvalue weighted by Crippen LogP contribution is 2.33. The molecule has 0 amide bonds. The Hall–Kier alpha value is -3.21. The molecule has 0 radical (unpaired) electrons. The van der Waals surface area contributed by atoms with E-state index in [0.717, 1.165) is 47.5 Å². The normalized spacial score (nSPS) is 13.7. The van der Waals surface area contributed by atoms with Gasteiger partial charge in [-0.05, 0) is 54.7 Å². The molecule has 2 aromatic heterocycles. The molecule has 0 saturated heterocycles. The highest BCUT2D eigenvalue weighted by atomic mass is 19.1. The van der Waals surface area contributed by atoms with Crippen LogP contribution in [0.15, 0.2) is 54.7 Å². The average molecular weight is 386 g/mol. The minimum Gasteiger partial charge on any atom is -0.349 e. The molecular weight excluding hydrogens is 363 g/mol. The Morgan fingerprint density at radius 1 is 1.03 bits per heavy atom. The van der Waals surface area contributed by atoms with E-state index >= 15 is 0 Å². The summed E-state index contributed by atoms with van der Waals surface area (Å²) in [4.78, 5) is 2.32. The number of benzene rings is 2. The fourth-order valence-corrected chi connectivity index (χ4v) is 4.38. The van der Waals surface area contributed by atoms with Crippen molar-refractivity contribution in [1.29, 1.82) is 0 Å². The van der Waals surface area contributed by atoms with Crippen LogP contribution in [-0.4, -0.2) is 21.3 Å². The number of rotatable bonds is 3. The molecule has 0 unspecified atom stereocenters. The number of aromatic nitrogens is 3. The smallest absolute Gasteiger partial charge is 0.176 e. The zero-order chi connectivity index (χ0) is 20.0. The molecule has 2 aromatic carbocycles. The minimum atomic E-state index is -0.207. The van der Waals surface area contributed by atoms with Gasteiger partial charge >= 0.3 is 0 Å². The first-order chi connectivity index (χ1) is 14.1. The molecule has 0 fully saturated rings. The summed E-state index contributed by atoms with van der Waals surface area (Å²) in [5.41, 5.74) is 7.14. The summed E-state index contributed by atoms with van der Waals surface area (Å²) in [5.74, 6) is 0.700. The monoisotopic (exact) mass is 386 g/mol. The zero-order valence-corrected chi connectivity index (χ0v) is 16.7. The Balaban J connectivity index is 1.63. The fraction of sp³-hybridized carbons (Fsp3) is 0.250. The maximum atomic E-state index is 13.8. The second-order valence-corrected chi connectivity index (χ2v) is 7.80. The Labute approximate surface area is 169 Å². The van der Waals surface area contributed by atoms with Crippen molar-refractivity contribution in [2.75, 3.05) is 11.4 Å². The molecule has 1 aliphatic rings. The van der Waals surface area contributed by atoms with Crippen LogP contribution in [0.1, 0.15) is 27.9 Å². The van der Waals surface area contributed by atoms with Crippen molar-refractivity contribution in [1.82, 2.24) is 14.8 Å². The molecule has 0 aliphatic carbocycles. The SMILES string of the molecule is Cc1c(C)n(Cc2cccc(F)c2)c2c(N3CCc4ccccc4C3)nncc12. The Morgan fingerprint density at radius 3 is 2.69 bits per heavy atom. The molecule has 146 valence electrons. The number of halogens is 1. The largest absolute Gasteiger partial charge is 0.349 e. The van der Waals surface area contributed by atoms with Crippen LogP contribution in [0.25, 0.3) is 10.9 Å². The van der Waals surface area contributed by atoms with Gasteiger partial charge in [-0.25, -0.2) is 4.39 Å². The van der Waals surface area contributed by atoms with E-state index in [9.17, 15) is 4.39 Å². The first kappa shape index (κ1) is 17.9. The number of hydrogen-bond donors (Lipinski definition) is 0. The molecule has 5 heteroatoms. The van der Waals surface area contributed by atoms with Crippen LogP contribution in [0, 0.1) is 19.7 Å². The first-order valence-corrected chi connectivity index (χ1v) is 9.99. The zero-order valence-electron chi connectivity index (χ0n) is 16.7. The highest BCUT2D eigenvalue weighted by molar-refractivity contribution is 5.93. The third-order valence-corrected chi connectivity index (χ3v) is 6.09. The van der Waals surface area contributed by atoms with Gasteiger partial charge in [-0.15, -0.1) is 5.10 Å². The predicted octanol–water partition coefficient (Wildman–Crippen LogP) is 4.80. The quantitative estimate of drug-likeness (QED) is 0.507. The van der Waals surface area contributed by atoms with Gasteiger partial charge in [-0.3, -0.25) is 0 Å². The second-order valence-electron chi connectivity index (χ2n) is 7.80. The lowest BCUT2D eigenvalue weighted by Gasteiger charge is -2.30. The van der Waals surface area contributed by atoms with Crippen LogP contribution >= 0.6 is 0 Å². The van der Waals surface area contributed by atoms with Gasteiger partial charge < -0.3 is 9.47 Å². The van der Waals surface area contributed by atoms with Crippen molar-refractivity contribution < 1.29 is 4.39 Å². The highest BCUT2D eigenvalue weighted by Gasteiger charge is 2.23. The van der Waals surface area contributed by atoms with E-state index in [4.69, 9.17) is 0 Å². The van der Waals surface area contributed by atoms with Crippen LogP contribution in [0.5, 0.6) is 0 Å². The van der Waals surface area contributed by atoms with E-state index in [1.54, 1.807) is 12.1 Å². The summed E-state index contributed by atoms with van der Waals surface area (Å²) in [6.45, 7) is 6.58. The molecule has 5 rings (SSSR count). The van der Waals surface area contributed by atoms with E-state index < -0.39 is 0 Å². The summed E-state index contributed by atoms with van der Waals surface area (Å²) >= 11 is 0. The summed E-state index contributed by atoms with van der Waals surface area (Å²) in [5, 5.41) is 9.99. The Kier molecular flexibility index (Phi) is 4.31. The van der Waals surface area contributed by atoms with Crippen LogP contribution in [0.3, 0.4) is 0 Å². The van der Waals surface area contributed by atoms with Gasteiger partial charge in [0.1, 0.15) is 5.82 Å². The predicted molar refractivity (Wildman–Crippen MR) is 114 cm³/mol. The van der Waals surface area contributed by atoms with Gasteiger partial charge in [0.15, 0.2) is 5.82 Å². The molecule has 0 saturated carbocycles. The van der Waals surface area contributed by atoms with Crippen LogP contribution < -0.4 is 4.90 Å². The minimum absolute atomic E-state index is 0.207. The van der Waals surface area contributed by atoms with Gasteiger partial charge in [0.05, 0.1) is 11.7 Å². The maximum absolute atomic E-state index is 13.8. The van der Waals surface area contributed by atoms with Crippen LogP contribution in [0.2, 0.25) is 0 Å². The van der Waals surface area contributed by atoms with Gasteiger partial charge in [0.2, 0.25) is 0 Å². The summed E-state index contributed by atoms with van der Waals surface area (Å²) in [6.07, 6.45) is 2.85. The number of fused-ring (bicyclic) bond motifs is 2. The van der Waals surface area contributed by atoms with Gasteiger partial charge in [0, 0.05) is 30.7 Å². The number of aryl methyl sites for hydroxylation is 1. The second kappa shape index (κ2) is 6.99. The van der Waals surface area contributed by atoms with Crippen molar-refractivity contribution in [2.45, 2.75) is 33.4 Å².